The molecule has 9 nitrogen and oxygen atoms in total. The van der Waals surface area contributed by atoms with Gasteiger partial charge in [-0.05, 0) is 92.4 Å². The van der Waals surface area contributed by atoms with Gasteiger partial charge < -0.3 is 19.8 Å². The van der Waals surface area contributed by atoms with Crippen LogP contribution >= 0.6 is 0 Å². The number of likely N-dealkylation sites (N-methyl/N-ethyl adjacent to an activating group) is 1. The van der Waals surface area contributed by atoms with E-state index in [9.17, 15) is 18.3 Å². The zero-order valence-electron chi connectivity index (χ0n) is 27.1. The Hall–Kier alpha value is -4.25. The van der Waals surface area contributed by atoms with Crippen molar-refractivity contribution in [2.24, 2.45) is 0 Å². The Kier molecular flexibility index (Phi) is 8.06. The summed E-state index contributed by atoms with van der Waals surface area (Å²) in [6.45, 7) is 8.81. The fourth-order valence-corrected chi connectivity index (χ4v) is 8.67. The number of hydrogen-bond donors (Lipinski definition) is 1. The first-order chi connectivity index (χ1) is 22.5. The Balaban J connectivity index is 1.20. The van der Waals surface area contributed by atoms with E-state index in [1.165, 1.54) is 15.2 Å². The van der Waals surface area contributed by atoms with Crippen LogP contribution in [0, 0.1) is 6.92 Å². The first-order valence-electron chi connectivity index (χ1n) is 16.3. The number of pyridine rings is 1. The van der Waals surface area contributed by atoms with E-state index in [0.717, 1.165) is 48.4 Å². The summed E-state index contributed by atoms with van der Waals surface area (Å²) in [7, 11) is -1.81. The largest absolute Gasteiger partial charge is 0.391 e. The maximum atomic E-state index is 14.6. The molecule has 47 heavy (non-hydrogen) atoms. The topological polar surface area (TPSA) is 99.0 Å². The fourth-order valence-electron chi connectivity index (χ4n) is 7.02. The number of fused-ring (bicyclic) bond motifs is 1. The third-order valence-corrected chi connectivity index (χ3v) is 12.2. The Morgan fingerprint density at radius 1 is 1.00 bits per heavy atom. The number of aliphatic hydroxyl groups excluding tert-OH is 1. The number of hydrogen-bond acceptors (Lipinski definition) is 7. The van der Waals surface area contributed by atoms with Crippen molar-refractivity contribution < 1.29 is 18.3 Å². The van der Waals surface area contributed by atoms with Crippen molar-refractivity contribution in [1.29, 1.82) is 0 Å². The highest BCUT2D eigenvalue weighted by atomic mass is 32.2. The van der Waals surface area contributed by atoms with Crippen molar-refractivity contribution in [2.45, 2.75) is 37.5 Å². The molecule has 10 heteroatoms. The highest BCUT2D eigenvalue weighted by molar-refractivity contribution is 7.91. The van der Waals surface area contributed by atoms with Gasteiger partial charge in [-0.1, -0.05) is 36.4 Å². The Morgan fingerprint density at radius 2 is 1.74 bits per heavy atom. The minimum Gasteiger partial charge on any atom is -0.391 e. The second-order valence-electron chi connectivity index (χ2n) is 13.3. The van der Waals surface area contributed by atoms with Gasteiger partial charge in [0.1, 0.15) is 4.75 Å². The SMILES string of the molecule is Cc1cc(C2=C[C@@](C)(S(=O)(=O)n3cc(-c4ccc(C(=O)N5CCC(O)C5)cc4)c4cccnc43)CC=C2)ccc1N1CCN(C)CC1. The predicted octanol–water partition coefficient (Wildman–Crippen LogP) is 4.95. The molecule has 1 unspecified atom stereocenters. The molecule has 1 amide bonds. The first kappa shape index (κ1) is 31.4. The van der Waals surface area contributed by atoms with E-state index in [1.807, 2.05) is 36.4 Å². The molecule has 1 N–H and O–H groups in total. The van der Waals surface area contributed by atoms with Crippen LogP contribution in [-0.2, 0) is 10.0 Å². The lowest BCUT2D eigenvalue weighted by molar-refractivity contribution is 0.0765. The maximum absolute atomic E-state index is 14.6. The molecule has 4 heterocycles. The number of amides is 1. The number of allylic oxidation sites excluding steroid dienone is 3. The molecular weight excluding hydrogens is 611 g/mol. The van der Waals surface area contributed by atoms with Gasteiger partial charge in [-0.25, -0.2) is 17.4 Å². The van der Waals surface area contributed by atoms with Crippen molar-refractivity contribution in [3.05, 3.63) is 102 Å². The Bertz CT molecular complexity index is 2010. The van der Waals surface area contributed by atoms with E-state index in [4.69, 9.17) is 0 Å². The van der Waals surface area contributed by atoms with Crippen molar-refractivity contribution in [3.8, 4) is 11.1 Å². The highest BCUT2D eigenvalue weighted by Gasteiger charge is 2.41. The number of aliphatic hydroxyl groups is 1. The van der Waals surface area contributed by atoms with Crippen LogP contribution in [0.1, 0.15) is 41.3 Å². The summed E-state index contributed by atoms with van der Waals surface area (Å²) in [6.07, 6.45) is 9.56. The van der Waals surface area contributed by atoms with Crippen LogP contribution in [0.4, 0.5) is 5.69 Å². The van der Waals surface area contributed by atoms with E-state index in [-0.39, 0.29) is 5.91 Å². The summed E-state index contributed by atoms with van der Waals surface area (Å²) in [5.41, 5.74) is 6.68. The number of carbonyl (C=O) groups excluding carboxylic acids is 1. The summed E-state index contributed by atoms with van der Waals surface area (Å²) in [5.74, 6) is -0.121. The van der Waals surface area contributed by atoms with E-state index >= 15 is 0 Å². The number of aryl methyl sites for hydroxylation is 1. The number of anilines is 1. The number of benzene rings is 2. The van der Waals surface area contributed by atoms with E-state index in [2.05, 4.69) is 47.0 Å². The number of likely N-dealkylation sites (tertiary alicyclic amines) is 1. The molecule has 2 fully saturated rings. The van der Waals surface area contributed by atoms with E-state index < -0.39 is 20.9 Å². The van der Waals surface area contributed by atoms with Crippen molar-refractivity contribution in [1.82, 2.24) is 18.8 Å². The molecule has 4 aromatic rings. The van der Waals surface area contributed by atoms with E-state index in [0.29, 0.717) is 42.5 Å². The van der Waals surface area contributed by atoms with Gasteiger partial charge in [-0.2, -0.15) is 0 Å². The second kappa shape index (κ2) is 12.1. The van der Waals surface area contributed by atoms with Crippen LogP contribution in [0.15, 0.2) is 85.2 Å². The average Bonchev–Trinajstić information content (AvgIpc) is 3.69. The number of β-amino-alcohol motifs (C(OH)–C–C–N with tert-alkyl or cyclic N) is 1. The standard InChI is InChI=1S/C37H41N5O4S/c1-26-22-29(12-13-34(26)40-20-18-39(3)19-21-40)30-6-4-15-37(2,23-30)47(45,46)42-25-33(32-7-5-16-38-35(32)42)27-8-10-28(11-9-27)36(44)41-17-14-31(43)24-41/h4-13,16,22-23,25,31,43H,14-15,17-21,24H2,1-3H3/t31?,37-/m0/s1. The molecular formula is C37H41N5O4S. The van der Waals surface area contributed by atoms with Gasteiger partial charge in [-0.3, -0.25) is 4.79 Å². The van der Waals surface area contributed by atoms with Crippen LogP contribution in [0.25, 0.3) is 27.7 Å². The molecule has 0 saturated carbocycles. The lowest BCUT2D eigenvalue weighted by Gasteiger charge is -2.35. The quantitative estimate of drug-likeness (QED) is 0.315. The monoisotopic (exact) mass is 651 g/mol. The van der Waals surface area contributed by atoms with Gasteiger partial charge in [-0.15, -0.1) is 0 Å². The van der Waals surface area contributed by atoms with Gasteiger partial charge >= 0.3 is 0 Å². The number of carbonyl (C=O) groups is 1. The number of nitrogens with zero attached hydrogens (tertiary/aromatic N) is 5. The van der Waals surface area contributed by atoms with Gasteiger partial charge in [0.15, 0.2) is 5.65 Å². The minimum atomic E-state index is -3.97. The van der Waals surface area contributed by atoms with Gasteiger partial charge in [0.25, 0.3) is 5.91 Å². The second-order valence-corrected chi connectivity index (χ2v) is 15.6. The summed E-state index contributed by atoms with van der Waals surface area (Å²) in [5, 5.41) is 10.6. The van der Waals surface area contributed by atoms with Gasteiger partial charge in [0.05, 0.1) is 6.10 Å². The zero-order valence-corrected chi connectivity index (χ0v) is 27.9. The van der Waals surface area contributed by atoms with Gasteiger partial charge in [0, 0.05) is 73.9 Å². The molecule has 0 bridgehead atoms. The van der Waals surface area contributed by atoms with Crippen molar-refractivity contribution >= 4 is 38.2 Å². The average molecular weight is 652 g/mol. The molecule has 3 aliphatic rings. The zero-order chi connectivity index (χ0) is 32.9. The predicted molar refractivity (Wildman–Crippen MR) is 187 cm³/mol. The molecule has 0 radical (unpaired) electrons. The van der Waals surface area contributed by atoms with Crippen LogP contribution < -0.4 is 4.90 Å². The number of aromatic nitrogens is 2. The normalized spacial score (nSPS) is 22.2. The Morgan fingerprint density at radius 3 is 2.45 bits per heavy atom. The lowest BCUT2D eigenvalue weighted by Crippen LogP contribution is -2.44. The molecule has 2 aliphatic heterocycles. The molecule has 1 aliphatic carbocycles. The molecule has 0 spiro atoms. The summed E-state index contributed by atoms with van der Waals surface area (Å²) >= 11 is 0. The Labute approximate surface area is 276 Å². The van der Waals surface area contributed by atoms with Crippen molar-refractivity contribution in [3.63, 3.8) is 0 Å². The third kappa shape index (κ3) is 5.68. The van der Waals surface area contributed by atoms with Crippen LogP contribution in [-0.4, -0.2) is 95.4 Å². The molecule has 2 aromatic carbocycles. The van der Waals surface area contributed by atoms with E-state index in [1.54, 1.807) is 42.4 Å². The molecule has 244 valence electrons. The molecule has 2 aromatic heterocycles. The molecule has 2 saturated heterocycles. The molecule has 7 rings (SSSR count). The minimum absolute atomic E-state index is 0.121. The first-order valence-corrected chi connectivity index (χ1v) is 17.7. The van der Waals surface area contributed by atoms with Crippen LogP contribution in [0.5, 0.6) is 0 Å². The van der Waals surface area contributed by atoms with Crippen molar-refractivity contribution in [2.75, 3.05) is 51.2 Å². The summed E-state index contributed by atoms with van der Waals surface area (Å²) in [4.78, 5) is 23.9. The lowest BCUT2D eigenvalue weighted by atomic mass is 9.92. The number of rotatable bonds is 6. The fraction of sp³-hybridized carbons (Fsp3) is 0.351. The highest BCUT2D eigenvalue weighted by Crippen LogP contribution is 2.39. The smallest absolute Gasteiger partial charge is 0.253 e. The van der Waals surface area contributed by atoms with Crippen LogP contribution in [0.2, 0.25) is 0 Å². The summed E-state index contributed by atoms with van der Waals surface area (Å²) in [6, 6.07) is 17.3. The number of piperazine rings is 1. The summed E-state index contributed by atoms with van der Waals surface area (Å²) < 4.78 is 29.3. The van der Waals surface area contributed by atoms with Gasteiger partial charge in [0.2, 0.25) is 10.0 Å². The maximum Gasteiger partial charge on any atom is 0.253 e. The third-order valence-electron chi connectivity index (χ3n) is 9.93. The molecule has 2 atom stereocenters. The van der Waals surface area contributed by atoms with Crippen LogP contribution in [0.3, 0.4) is 0 Å².